The molecule has 1 saturated carbocycles. The maximum atomic E-state index is 13.9. The molecule has 2 N–H and O–H groups in total. The van der Waals surface area contributed by atoms with Gasteiger partial charge in [-0.15, -0.1) is 0 Å². The lowest BCUT2D eigenvalue weighted by Gasteiger charge is -2.34. The molecule has 9 heteroatoms. The molecule has 164 valence electrons. The van der Waals surface area contributed by atoms with Crippen molar-refractivity contribution in [2.75, 3.05) is 18.4 Å². The second kappa shape index (κ2) is 8.07. The molecule has 4 rings (SSSR count). The van der Waals surface area contributed by atoms with Crippen molar-refractivity contribution in [1.82, 2.24) is 20.1 Å². The van der Waals surface area contributed by atoms with Gasteiger partial charge in [-0.05, 0) is 45.6 Å². The summed E-state index contributed by atoms with van der Waals surface area (Å²) in [5, 5.41) is 9.61. The minimum absolute atomic E-state index is 0.0327. The smallest absolute Gasteiger partial charge is 0.366 e. The maximum absolute atomic E-state index is 13.9. The third kappa shape index (κ3) is 4.11. The van der Waals surface area contributed by atoms with Crippen LogP contribution in [-0.4, -0.2) is 45.1 Å². The van der Waals surface area contributed by atoms with E-state index in [0.29, 0.717) is 18.8 Å². The first kappa shape index (κ1) is 20.9. The molecular formula is C21H28F3N5O. The van der Waals surface area contributed by atoms with Crippen molar-refractivity contribution in [2.24, 2.45) is 5.92 Å². The zero-order valence-corrected chi connectivity index (χ0v) is 17.4. The highest BCUT2D eigenvalue weighted by Gasteiger charge is 2.37. The molecule has 1 amide bonds. The summed E-state index contributed by atoms with van der Waals surface area (Å²) in [6.07, 6.45) is 0.954. The van der Waals surface area contributed by atoms with Crippen LogP contribution in [0.3, 0.4) is 0 Å². The number of nitrogens with one attached hydrogen (secondary N) is 2. The molecule has 0 spiro atoms. The van der Waals surface area contributed by atoms with Crippen LogP contribution >= 0.6 is 0 Å². The maximum Gasteiger partial charge on any atom is 0.417 e. The molecule has 2 aromatic heterocycles. The number of aromatic nitrogens is 3. The van der Waals surface area contributed by atoms with Crippen molar-refractivity contribution in [3.63, 3.8) is 0 Å². The number of halogens is 3. The molecule has 0 radical (unpaired) electrons. The standard InChI is InChI=1S/C21H28F3N5O/c1-12(2)25-18-17-15(21(22,23)24)10-16(26-19(17)28-27-18)14-8-5-9-29(11-14)20(30)13-6-3-4-7-13/h10,12-14H,3-9,11H2,1-2H3,(H2,25,26,27,28)/t14-/m0/s1. The minimum atomic E-state index is -4.53. The predicted molar refractivity (Wildman–Crippen MR) is 108 cm³/mol. The van der Waals surface area contributed by atoms with Crippen molar-refractivity contribution in [3.05, 3.63) is 17.3 Å². The fourth-order valence-electron chi connectivity index (χ4n) is 4.71. The van der Waals surface area contributed by atoms with Crippen LogP contribution in [0.15, 0.2) is 6.07 Å². The molecule has 0 aromatic carbocycles. The Balaban J connectivity index is 1.66. The normalized spacial score (nSPS) is 21.0. The van der Waals surface area contributed by atoms with Gasteiger partial charge in [-0.1, -0.05) is 12.8 Å². The Morgan fingerprint density at radius 2 is 1.97 bits per heavy atom. The lowest BCUT2D eigenvalue weighted by molar-refractivity contribution is -0.137. The van der Waals surface area contributed by atoms with E-state index in [4.69, 9.17) is 0 Å². The molecular weight excluding hydrogens is 395 g/mol. The van der Waals surface area contributed by atoms with Gasteiger partial charge in [0.05, 0.1) is 10.9 Å². The number of carbonyl (C=O) groups excluding carboxylic acids is 1. The second-order valence-electron chi connectivity index (χ2n) is 8.79. The molecule has 2 aromatic rings. The molecule has 30 heavy (non-hydrogen) atoms. The molecule has 2 fully saturated rings. The number of hydrogen-bond donors (Lipinski definition) is 2. The van der Waals surface area contributed by atoms with Crippen LogP contribution in [0.25, 0.3) is 11.0 Å². The summed E-state index contributed by atoms with van der Waals surface area (Å²) in [7, 11) is 0. The van der Waals surface area contributed by atoms with Crippen molar-refractivity contribution in [2.45, 2.75) is 70.5 Å². The summed E-state index contributed by atoms with van der Waals surface area (Å²) in [4.78, 5) is 19.2. The molecule has 3 heterocycles. The molecule has 6 nitrogen and oxygen atoms in total. The molecule has 1 aliphatic carbocycles. The number of amides is 1. The lowest BCUT2D eigenvalue weighted by Crippen LogP contribution is -2.42. The van der Waals surface area contributed by atoms with E-state index < -0.39 is 11.7 Å². The molecule has 0 bridgehead atoms. The largest absolute Gasteiger partial charge is 0.417 e. The van der Waals surface area contributed by atoms with Crippen LogP contribution in [-0.2, 0) is 11.0 Å². The fourth-order valence-corrected chi connectivity index (χ4v) is 4.71. The highest BCUT2D eigenvalue weighted by Crippen LogP contribution is 2.40. The summed E-state index contributed by atoms with van der Waals surface area (Å²) < 4.78 is 41.7. The van der Waals surface area contributed by atoms with Gasteiger partial charge in [-0.3, -0.25) is 9.89 Å². The van der Waals surface area contributed by atoms with Crippen LogP contribution < -0.4 is 5.32 Å². The van der Waals surface area contributed by atoms with Gasteiger partial charge in [0.15, 0.2) is 11.5 Å². The number of likely N-dealkylation sites (tertiary alicyclic amines) is 1. The zero-order valence-electron chi connectivity index (χ0n) is 17.4. The Labute approximate surface area is 173 Å². The Morgan fingerprint density at radius 3 is 2.63 bits per heavy atom. The number of fused-ring (bicyclic) bond motifs is 1. The first-order valence-corrected chi connectivity index (χ1v) is 10.8. The number of aromatic amines is 1. The zero-order chi connectivity index (χ0) is 21.5. The first-order chi connectivity index (χ1) is 14.2. The van der Waals surface area contributed by atoms with Crippen LogP contribution in [0, 0.1) is 5.92 Å². The summed E-state index contributed by atoms with van der Waals surface area (Å²) >= 11 is 0. The number of nitrogens with zero attached hydrogens (tertiary/aromatic N) is 3. The van der Waals surface area contributed by atoms with E-state index in [9.17, 15) is 18.0 Å². The number of anilines is 1. The van der Waals surface area contributed by atoms with Crippen molar-refractivity contribution < 1.29 is 18.0 Å². The minimum Gasteiger partial charge on any atom is -0.366 e. The first-order valence-electron chi connectivity index (χ1n) is 10.8. The Morgan fingerprint density at radius 1 is 1.23 bits per heavy atom. The lowest BCUT2D eigenvalue weighted by atomic mass is 9.91. The molecule has 1 saturated heterocycles. The average Bonchev–Trinajstić information content (AvgIpc) is 3.36. The van der Waals surface area contributed by atoms with Gasteiger partial charge in [0.2, 0.25) is 5.91 Å². The van der Waals surface area contributed by atoms with E-state index in [1.165, 1.54) is 0 Å². The van der Waals surface area contributed by atoms with E-state index in [1.807, 2.05) is 18.7 Å². The monoisotopic (exact) mass is 423 g/mol. The van der Waals surface area contributed by atoms with E-state index in [0.717, 1.165) is 44.6 Å². The van der Waals surface area contributed by atoms with Gasteiger partial charge in [0.25, 0.3) is 0 Å². The number of H-pyrrole nitrogens is 1. The number of hydrogen-bond acceptors (Lipinski definition) is 4. The summed E-state index contributed by atoms with van der Waals surface area (Å²) in [5.41, 5.74) is -0.237. The Kier molecular flexibility index (Phi) is 5.63. The Bertz CT molecular complexity index is 917. The quantitative estimate of drug-likeness (QED) is 0.748. The topological polar surface area (TPSA) is 73.9 Å². The number of carbonyl (C=O) groups is 1. The van der Waals surface area contributed by atoms with E-state index in [1.54, 1.807) is 0 Å². The van der Waals surface area contributed by atoms with E-state index in [-0.39, 0.29) is 40.6 Å². The third-order valence-electron chi connectivity index (χ3n) is 6.14. The number of pyridine rings is 1. The highest BCUT2D eigenvalue weighted by molar-refractivity contribution is 5.91. The van der Waals surface area contributed by atoms with Gasteiger partial charge < -0.3 is 10.2 Å². The highest BCUT2D eigenvalue weighted by atomic mass is 19.4. The van der Waals surface area contributed by atoms with Crippen LogP contribution in [0.4, 0.5) is 19.0 Å². The van der Waals surface area contributed by atoms with Crippen molar-refractivity contribution >= 4 is 22.8 Å². The summed E-state index contributed by atoms with van der Waals surface area (Å²) in [6, 6.07) is 1.09. The van der Waals surface area contributed by atoms with E-state index in [2.05, 4.69) is 20.5 Å². The van der Waals surface area contributed by atoms with Crippen molar-refractivity contribution in [1.29, 1.82) is 0 Å². The Hall–Kier alpha value is -2.32. The van der Waals surface area contributed by atoms with Gasteiger partial charge in [0, 0.05) is 36.7 Å². The predicted octanol–water partition coefficient (Wildman–Crippen LogP) is 4.69. The number of piperidine rings is 1. The number of alkyl halides is 3. The molecule has 1 aliphatic heterocycles. The van der Waals surface area contributed by atoms with Gasteiger partial charge in [-0.2, -0.15) is 18.3 Å². The van der Waals surface area contributed by atoms with Gasteiger partial charge >= 0.3 is 6.18 Å². The third-order valence-corrected chi connectivity index (χ3v) is 6.14. The number of rotatable bonds is 4. The van der Waals surface area contributed by atoms with Crippen LogP contribution in [0.1, 0.15) is 69.5 Å². The van der Waals surface area contributed by atoms with E-state index >= 15 is 0 Å². The van der Waals surface area contributed by atoms with Gasteiger partial charge in [0.1, 0.15) is 0 Å². The average molecular weight is 423 g/mol. The van der Waals surface area contributed by atoms with Crippen molar-refractivity contribution in [3.8, 4) is 0 Å². The fraction of sp³-hybridized carbons (Fsp3) is 0.667. The SMILES string of the molecule is CC(C)Nc1n[nH]c2nc([C@H]3CCCN(C(=O)C4CCCC4)C3)cc(C(F)(F)F)c12. The molecule has 0 unspecified atom stereocenters. The summed E-state index contributed by atoms with van der Waals surface area (Å²) in [6.45, 7) is 4.78. The summed E-state index contributed by atoms with van der Waals surface area (Å²) in [5.74, 6) is 0.175. The van der Waals surface area contributed by atoms with Crippen LogP contribution in [0.5, 0.6) is 0 Å². The second-order valence-corrected chi connectivity index (χ2v) is 8.79. The van der Waals surface area contributed by atoms with Crippen LogP contribution in [0.2, 0.25) is 0 Å². The molecule has 2 aliphatic rings. The van der Waals surface area contributed by atoms with Gasteiger partial charge in [-0.25, -0.2) is 4.98 Å². The molecule has 1 atom stereocenters.